The van der Waals surface area contributed by atoms with Crippen LogP contribution in [-0.4, -0.2) is 42.5 Å². The van der Waals surface area contributed by atoms with E-state index in [1.54, 1.807) is 0 Å². The van der Waals surface area contributed by atoms with E-state index >= 15 is 0 Å². The van der Waals surface area contributed by atoms with Crippen LogP contribution >= 0.6 is 0 Å². The summed E-state index contributed by atoms with van der Waals surface area (Å²) in [6, 6.07) is 0. The Kier molecular flexibility index (Phi) is 1.83. The molecule has 3 heteroatoms. The number of aliphatic hydroxyl groups excluding tert-OH is 1. The molecule has 0 spiro atoms. The Bertz CT molecular complexity index is 124. The zero-order valence-electron chi connectivity index (χ0n) is 5.59. The molecule has 1 fully saturated rings. The maximum Gasteiger partial charge on any atom is 0.0524 e. The highest BCUT2D eigenvalue weighted by molar-refractivity contribution is 5.87. The number of nitrogens with zero attached hydrogens (tertiary/aromatic N) is 1. The quantitative estimate of drug-likeness (QED) is 0.503. The van der Waals surface area contributed by atoms with Gasteiger partial charge in [-0.05, 0) is 7.05 Å². The molecule has 0 bridgehead atoms. The molecule has 0 aliphatic carbocycles. The van der Waals surface area contributed by atoms with Crippen molar-refractivity contribution in [1.29, 1.82) is 5.41 Å². The van der Waals surface area contributed by atoms with Crippen LogP contribution in [0.4, 0.5) is 0 Å². The van der Waals surface area contributed by atoms with Crippen LogP contribution in [0.5, 0.6) is 0 Å². The highest BCUT2D eigenvalue weighted by atomic mass is 16.3. The van der Waals surface area contributed by atoms with E-state index < -0.39 is 0 Å². The van der Waals surface area contributed by atoms with Crippen molar-refractivity contribution >= 4 is 5.71 Å². The van der Waals surface area contributed by atoms with E-state index in [4.69, 9.17) is 10.5 Å². The molecule has 0 saturated carbocycles. The van der Waals surface area contributed by atoms with Gasteiger partial charge in [-0.25, -0.2) is 0 Å². The second kappa shape index (κ2) is 2.45. The first-order chi connectivity index (χ1) is 4.24. The molecule has 52 valence electrons. The predicted molar refractivity (Wildman–Crippen MR) is 35.8 cm³/mol. The van der Waals surface area contributed by atoms with Crippen molar-refractivity contribution in [3.05, 3.63) is 0 Å². The Balaban J connectivity index is 2.48. The summed E-state index contributed by atoms with van der Waals surface area (Å²) in [7, 11) is 1.96. The third kappa shape index (κ3) is 1.28. The van der Waals surface area contributed by atoms with Crippen molar-refractivity contribution in [1.82, 2.24) is 4.90 Å². The number of hydrogen-bond donors (Lipinski definition) is 2. The van der Waals surface area contributed by atoms with E-state index in [-0.39, 0.29) is 12.5 Å². The van der Waals surface area contributed by atoms with Crippen LogP contribution in [0.3, 0.4) is 0 Å². The third-order valence-electron chi connectivity index (χ3n) is 1.69. The first kappa shape index (κ1) is 6.71. The molecule has 0 amide bonds. The summed E-state index contributed by atoms with van der Waals surface area (Å²) in [5, 5.41) is 16.0. The van der Waals surface area contributed by atoms with Crippen LogP contribution in [0, 0.1) is 11.3 Å². The highest BCUT2D eigenvalue weighted by Gasteiger charge is 2.23. The van der Waals surface area contributed by atoms with Gasteiger partial charge >= 0.3 is 0 Å². The summed E-state index contributed by atoms with van der Waals surface area (Å²) >= 11 is 0. The van der Waals surface area contributed by atoms with Gasteiger partial charge in [0.2, 0.25) is 0 Å². The lowest BCUT2D eigenvalue weighted by Gasteiger charge is -2.04. The van der Waals surface area contributed by atoms with Gasteiger partial charge in [0, 0.05) is 24.7 Å². The Morgan fingerprint density at radius 2 is 2.56 bits per heavy atom. The van der Waals surface area contributed by atoms with E-state index in [0.717, 1.165) is 13.1 Å². The minimum absolute atomic E-state index is 0.106. The molecule has 1 saturated heterocycles. The van der Waals surface area contributed by atoms with Crippen molar-refractivity contribution < 1.29 is 5.11 Å². The van der Waals surface area contributed by atoms with Gasteiger partial charge in [0.1, 0.15) is 0 Å². The van der Waals surface area contributed by atoms with Crippen molar-refractivity contribution in [3.8, 4) is 0 Å². The normalized spacial score (nSPS) is 29.6. The number of rotatable bonds is 1. The number of likely N-dealkylation sites (tertiary alicyclic amines) is 1. The first-order valence-corrected chi connectivity index (χ1v) is 3.10. The molecular weight excluding hydrogens is 116 g/mol. The molecule has 1 aliphatic rings. The average molecular weight is 128 g/mol. The lowest BCUT2D eigenvalue weighted by molar-refractivity contribution is 0.247. The first-order valence-electron chi connectivity index (χ1n) is 3.10. The van der Waals surface area contributed by atoms with Crippen LogP contribution < -0.4 is 0 Å². The summed E-state index contributed by atoms with van der Waals surface area (Å²) in [5.41, 5.74) is 0.667. The Morgan fingerprint density at radius 1 is 1.89 bits per heavy atom. The predicted octanol–water partition coefficient (Wildman–Crippen LogP) is -0.440. The smallest absolute Gasteiger partial charge is 0.0524 e. The van der Waals surface area contributed by atoms with E-state index in [2.05, 4.69) is 0 Å². The fraction of sp³-hybridized carbons (Fsp3) is 0.833. The van der Waals surface area contributed by atoms with E-state index in [0.29, 0.717) is 5.71 Å². The molecule has 1 atom stereocenters. The maximum absolute atomic E-state index is 8.69. The van der Waals surface area contributed by atoms with Crippen LogP contribution in [0.1, 0.15) is 0 Å². The molecule has 1 unspecified atom stereocenters. The van der Waals surface area contributed by atoms with Gasteiger partial charge in [-0.15, -0.1) is 0 Å². The fourth-order valence-electron chi connectivity index (χ4n) is 1.14. The van der Waals surface area contributed by atoms with Gasteiger partial charge in [0.25, 0.3) is 0 Å². The minimum Gasteiger partial charge on any atom is -0.396 e. The number of hydrogen-bond acceptors (Lipinski definition) is 3. The van der Waals surface area contributed by atoms with Crippen molar-refractivity contribution in [3.63, 3.8) is 0 Å². The molecule has 3 nitrogen and oxygen atoms in total. The van der Waals surface area contributed by atoms with Gasteiger partial charge in [0.05, 0.1) is 6.61 Å². The molecule has 0 aromatic carbocycles. The Morgan fingerprint density at radius 3 is 2.78 bits per heavy atom. The van der Waals surface area contributed by atoms with Gasteiger partial charge in [-0.3, -0.25) is 0 Å². The van der Waals surface area contributed by atoms with Crippen molar-refractivity contribution in [2.45, 2.75) is 0 Å². The van der Waals surface area contributed by atoms with E-state index in [1.807, 2.05) is 11.9 Å². The minimum atomic E-state index is 0.106. The SMILES string of the molecule is CN1CC(=N)C(CO)C1. The summed E-state index contributed by atoms with van der Waals surface area (Å²) in [4.78, 5) is 2.04. The number of aliphatic hydroxyl groups is 1. The summed E-state index contributed by atoms with van der Waals surface area (Å²) in [5.74, 6) is 0.106. The summed E-state index contributed by atoms with van der Waals surface area (Å²) in [6.45, 7) is 1.70. The molecule has 0 aromatic rings. The van der Waals surface area contributed by atoms with Gasteiger partial charge in [-0.2, -0.15) is 0 Å². The topological polar surface area (TPSA) is 47.3 Å². The molecule has 2 N–H and O–H groups in total. The fourth-order valence-corrected chi connectivity index (χ4v) is 1.14. The molecule has 9 heavy (non-hydrogen) atoms. The third-order valence-corrected chi connectivity index (χ3v) is 1.69. The number of nitrogens with one attached hydrogen (secondary N) is 1. The largest absolute Gasteiger partial charge is 0.396 e. The molecule has 0 aromatic heterocycles. The molecule has 1 rings (SSSR count). The lowest BCUT2D eigenvalue weighted by Crippen LogP contribution is -2.15. The second-order valence-electron chi connectivity index (χ2n) is 2.60. The highest BCUT2D eigenvalue weighted by Crippen LogP contribution is 2.08. The van der Waals surface area contributed by atoms with Crippen molar-refractivity contribution in [2.75, 3.05) is 26.7 Å². The second-order valence-corrected chi connectivity index (χ2v) is 2.60. The van der Waals surface area contributed by atoms with E-state index in [9.17, 15) is 0 Å². The zero-order chi connectivity index (χ0) is 6.85. The maximum atomic E-state index is 8.69. The molecule has 1 aliphatic heterocycles. The van der Waals surface area contributed by atoms with Crippen LogP contribution in [0.15, 0.2) is 0 Å². The zero-order valence-corrected chi connectivity index (χ0v) is 5.59. The summed E-state index contributed by atoms with van der Waals surface area (Å²) in [6.07, 6.45) is 0. The standard InChI is InChI=1S/C6H12N2O/c1-8-2-5(4-9)6(7)3-8/h5,7,9H,2-4H2,1H3. The Labute approximate surface area is 54.8 Å². The Hall–Kier alpha value is -0.410. The van der Waals surface area contributed by atoms with Gasteiger partial charge in [0.15, 0.2) is 0 Å². The molecule has 1 heterocycles. The van der Waals surface area contributed by atoms with Crippen LogP contribution in [0.25, 0.3) is 0 Å². The van der Waals surface area contributed by atoms with Crippen LogP contribution in [0.2, 0.25) is 0 Å². The average Bonchev–Trinajstić information content (AvgIpc) is 2.10. The van der Waals surface area contributed by atoms with Gasteiger partial charge in [-0.1, -0.05) is 0 Å². The van der Waals surface area contributed by atoms with Crippen molar-refractivity contribution in [2.24, 2.45) is 5.92 Å². The molecule has 0 radical (unpaired) electrons. The monoisotopic (exact) mass is 128 g/mol. The summed E-state index contributed by atoms with van der Waals surface area (Å²) < 4.78 is 0. The van der Waals surface area contributed by atoms with E-state index in [1.165, 1.54) is 0 Å². The van der Waals surface area contributed by atoms with Crippen LogP contribution in [-0.2, 0) is 0 Å². The van der Waals surface area contributed by atoms with Gasteiger partial charge < -0.3 is 15.4 Å². The molecular formula is C6H12N2O. The lowest BCUT2D eigenvalue weighted by atomic mass is 10.1.